The molecule has 5 rings (SSSR count). The van der Waals surface area contributed by atoms with E-state index in [1.807, 2.05) is 25.1 Å². The molecule has 0 atom stereocenters. The highest BCUT2D eigenvalue weighted by molar-refractivity contribution is 7.18. The summed E-state index contributed by atoms with van der Waals surface area (Å²) in [5.74, 6) is 0.595. The second kappa shape index (κ2) is 6.84. The number of fused-ring (bicyclic) bond motifs is 1. The van der Waals surface area contributed by atoms with Gasteiger partial charge in [0.05, 0.1) is 26.6 Å². The van der Waals surface area contributed by atoms with Crippen LogP contribution in [0.1, 0.15) is 48.7 Å². The Kier molecular flexibility index (Phi) is 4.32. The van der Waals surface area contributed by atoms with E-state index in [2.05, 4.69) is 10.00 Å². The number of aryl methyl sites for hydroxylation is 1. The zero-order chi connectivity index (χ0) is 18.4. The number of thiazole rings is 1. The molecule has 2 aromatic heterocycles. The van der Waals surface area contributed by atoms with Crippen molar-refractivity contribution in [2.24, 2.45) is 0 Å². The Labute approximate surface area is 162 Å². The number of nitrogens with zero attached hydrogens (tertiary/aromatic N) is 4. The van der Waals surface area contributed by atoms with Gasteiger partial charge in [0.1, 0.15) is 0 Å². The third kappa shape index (κ3) is 3.21. The first-order chi connectivity index (χ1) is 13.2. The van der Waals surface area contributed by atoms with Gasteiger partial charge in [0, 0.05) is 18.0 Å². The van der Waals surface area contributed by atoms with E-state index in [9.17, 15) is 4.79 Å². The molecule has 3 heterocycles. The predicted octanol–water partition coefficient (Wildman–Crippen LogP) is 3.88. The van der Waals surface area contributed by atoms with Crippen molar-refractivity contribution in [3.05, 3.63) is 51.4 Å². The minimum absolute atomic E-state index is 0.104. The quantitative estimate of drug-likeness (QED) is 0.692. The highest BCUT2D eigenvalue weighted by Gasteiger charge is 2.36. The number of benzene rings is 1. The van der Waals surface area contributed by atoms with Gasteiger partial charge in [-0.1, -0.05) is 6.42 Å². The van der Waals surface area contributed by atoms with Gasteiger partial charge in [-0.3, -0.25) is 4.79 Å². The summed E-state index contributed by atoms with van der Waals surface area (Å²) in [6, 6.07) is 10.1. The van der Waals surface area contributed by atoms with Crippen LogP contribution in [0.25, 0.3) is 15.9 Å². The van der Waals surface area contributed by atoms with Crippen molar-refractivity contribution in [2.45, 2.75) is 51.0 Å². The van der Waals surface area contributed by atoms with Crippen LogP contribution in [0, 0.1) is 6.92 Å². The first-order valence-electron chi connectivity index (χ1n) is 9.89. The van der Waals surface area contributed by atoms with Gasteiger partial charge in [-0.2, -0.15) is 9.78 Å². The molecule has 0 spiro atoms. The van der Waals surface area contributed by atoms with Crippen molar-refractivity contribution in [1.82, 2.24) is 19.7 Å². The Morgan fingerprint density at radius 3 is 2.70 bits per heavy atom. The number of hydrogen-bond donors (Lipinski definition) is 0. The fourth-order valence-electron chi connectivity index (χ4n) is 4.30. The topological polar surface area (TPSA) is 51.0 Å². The third-order valence-electron chi connectivity index (χ3n) is 5.94. The average Bonchev–Trinajstić information content (AvgIpc) is 3.06. The average molecular weight is 381 g/mol. The maximum Gasteiger partial charge on any atom is 0.271 e. The van der Waals surface area contributed by atoms with E-state index in [0.29, 0.717) is 5.92 Å². The monoisotopic (exact) mass is 380 g/mol. The number of likely N-dealkylation sites (tertiary alicyclic amines) is 1. The Bertz CT molecular complexity index is 1030. The summed E-state index contributed by atoms with van der Waals surface area (Å²) < 4.78 is 2.61. The first kappa shape index (κ1) is 17.1. The van der Waals surface area contributed by atoms with E-state index in [1.54, 1.807) is 23.5 Å². The largest absolute Gasteiger partial charge is 0.300 e. The molecule has 0 unspecified atom stereocenters. The molecule has 1 saturated carbocycles. The van der Waals surface area contributed by atoms with Crippen LogP contribution in [0.15, 0.2) is 35.1 Å². The van der Waals surface area contributed by atoms with Crippen molar-refractivity contribution < 1.29 is 0 Å². The minimum atomic E-state index is -0.104. The van der Waals surface area contributed by atoms with Crippen LogP contribution in [0.3, 0.4) is 0 Å². The molecular weight excluding hydrogens is 356 g/mol. The smallest absolute Gasteiger partial charge is 0.271 e. The second-order valence-electron chi connectivity index (χ2n) is 7.85. The van der Waals surface area contributed by atoms with Crippen LogP contribution in [-0.2, 0) is 0 Å². The van der Waals surface area contributed by atoms with Gasteiger partial charge in [0.15, 0.2) is 0 Å². The first-order valence-corrected chi connectivity index (χ1v) is 10.7. The summed E-state index contributed by atoms with van der Waals surface area (Å²) in [5.41, 5.74) is 2.57. The van der Waals surface area contributed by atoms with E-state index in [4.69, 9.17) is 4.98 Å². The number of piperidine rings is 1. The van der Waals surface area contributed by atoms with Gasteiger partial charge in [-0.15, -0.1) is 11.3 Å². The normalized spacial score (nSPS) is 23.4. The lowest BCUT2D eigenvalue weighted by Crippen LogP contribution is -2.46. The number of hydrogen-bond acceptors (Lipinski definition) is 5. The Morgan fingerprint density at radius 1 is 1.07 bits per heavy atom. The molecule has 2 fully saturated rings. The van der Waals surface area contributed by atoms with Crippen LogP contribution in [-0.4, -0.2) is 38.8 Å². The summed E-state index contributed by atoms with van der Waals surface area (Å²) in [7, 11) is 0. The molecule has 0 bridgehead atoms. The van der Waals surface area contributed by atoms with E-state index >= 15 is 0 Å². The van der Waals surface area contributed by atoms with Gasteiger partial charge >= 0.3 is 0 Å². The fourth-order valence-corrected chi connectivity index (χ4v) is 5.42. The molecule has 3 aromatic rings. The van der Waals surface area contributed by atoms with Gasteiger partial charge in [-0.25, -0.2) is 4.98 Å². The highest BCUT2D eigenvalue weighted by atomic mass is 32.1. The SMILES string of the molecule is Cc1ccc(=O)n(-c2ccc3nc([C@H]4C[C@H](N5CCCCC5)C4)sc3c2)n1. The predicted molar refractivity (Wildman–Crippen MR) is 109 cm³/mol. The van der Waals surface area contributed by atoms with Crippen LogP contribution in [0.4, 0.5) is 0 Å². The van der Waals surface area contributed by atoms with Crippen molar-refractivity contribution in [1.29, 1.82) is 0 Å². The molecule has 27 heavy (non-hydrogen) atoms. The maximum atomic E-state index is 12.1. The van der Waals surface area contributed by atoms with E-state index in [1.165, 1.54) is 54.9 Å². The fraction of sp³-hybridized carbons (Fsp3) is 0.476. The molecule has 2 aliphatic rings. The Balaban J connectivity index is 1.37. The summed E-state index contributed by atoms with van der Waals surface area (Å²) in [5, 5.41) is 5.61. The molecule has 1 saturated heterocycles. The molecule has 1 aliphatic heterocycles. The molecule has 6 heteroatoms. The minimum Gasteiger partial charge on any atom is -0.300 e. The molecule has 5 nitrogen and oxygen atoms in total. The van der Waals surface area contributed by atoms with E-state index in [-0.39, 0.29) is 5.56 Å². The molecule has 0 N–H and O–H groups in total. The molecule has 1 aromatic carbocycles. The van der Waals surface area contributed by atoms with E-state index < -0.39 is 0 Å². The summed E-state index contributed by atoms with van der Waals surface area (Å²) in [4.78, 5) is 19.7. The number of rotatable bonds is 3. The van der Waals surface area contributed by atoms with Gasteiger partial charge in [0.25, 0.3) is 5.56 Å². The summed E-state index contributed by atoms with van der Waals surface area (Å²) in [6.07, 6.45) is 6.60. The van der Waals surface area contributed by atoms with Gasteiger partial charge in [-0.05, 0) is 70.0 Å². The van der Waals surface area contributed by atoms with Crippen molar-refractivity contribution >= 4 is 21.6 Å². The van der Waals surface area contributed by atoms with Crippen LogP contribution in [0.5, 0.6) is 0 Å². The van der Waals surface area contributed by atoms with Gasteiger partial charge in [0.2, 0.25) is 0 Å². The lowest BCUT2D eigenvalue weighted by atomic mass is 9.79. The second-order valence-corrected chi connectivity index (χ2v) is 8.91. The van der Waals surface area contributed by atoms with Crippen LogP contribution in [0.2, 0.25) is 0 Å². The lowest BCUT2D eigenvalue weighted by Gasteiger charge is -2.43. The van der Waals surface area contributed by atoms with Crippen LogP contribution < -0.4 is 5.56 Å². The van der Waals surface area contributed by atoms with E-state index in [0.717, 1.165) is 27.6 Å². The molecule has 140 valence electrons. The Morgan fingerprint density at radius 2 is 1.89 bits per heavy atom. The number of aromatic nitrogens is 3. The molecule has 1 aliphatic carbocycles. The Hall–Kier alpha value is -2.05. The summed E-state index contributed by atoms with van der Waals surface area (Å²) >= 11 is 1.78. The molecular formula is C21H24N4OS. The standard InChI is InChI=1S/C21H24N4OS/c1-14-5-8-20(26)25(23-14)16-6-7-18-19(13-16)27-21(22-18)15-11-17(12-15)24-9-3-2-4-10-24/h5-8,13,15,17H,2-4,9-12H2,1H3/t15-,17-. The van der Waals surface area contributed by atoms with Crippen molar-refractivity contribution in [3.8, 4) is 5.69 Å². The molecule has 0 amide bonds. The summed E-state index contributed by atoms with van der Waals surface area (Å²) in [6.45, 7) is 4.45. The lowest BCUT2D eigenvalue weighted by molar-refractivity contribution is 0.0888. The van der Waals surface area contributed by atoms with Crippen LogP contribution >= 0.6 is 11.3 Å². The maximum absolute atomic E-state index is 12.1. The van der Waals surface area contributed by atoms with Gasteiger partial charge < -0.3 is 4.90 Å². The van der Waals surface area contributed by atoms with Crippen molar-refractivity contribution in [2.75, 3.05) is 13.1 Å². The molecule has 0 radical (unpaired) electrons. The zero-order valence-corrected chi connectivity index (χ0v) is 16.4. The highest BCUT2D eigenvalue weighted by Crippen LogP contribution is 2.43. The zero-order valence-electron chi connectivity index (χ0n) is 15.6. The van der Waals surface area contributed by atoms with Crippen molar-refractivity contribution in [3.63, 3.8) is 0 Å². The third-order valence-corrected chi connectivity index (χ3v) is 7.12.